The summed E-state index contributed by atoms with van der Waals surface area (Å²) in [5.41, 5.74) is 6.01. The SMILES string of the molecule is CN(CCNCC(CO)NC(=O)[C@H](Cc1ccccc1)NC(O)CNC(=O)CNC(=O)CCCCCN(C)C(=O)/C=C\C=O)CCC(N)=O. The number of carbonyl (C=O) groups excluding carboxylic acids is 6. The molecule has 9 N–H and O–H groups in total. The third-order valence-electron chi connectivity index (χ3n) is 7.39. The summed E-state index contributed by atoms with van der Waals surface area (Å²) in [7, 11) is 3.48. The normalized spacial score (nSPS) is 13.0. The molecule has 1 aromatic carbocycles. The van der Waals surface area contributed by atoms with E-state index >= 15 is 0 Å². The summed E-state index contributed by atoms with van der Waals surface area (Å²) in [6.45, 7) is 1.64. The van der Waals surface area contributed by atoms with E-state index in [9.17, 15) is 39.0 Å². The van der Waals surface area contributed by atoms with Gasteiger partial charge in [0.2, 0.25) is 29.5 Å². The smallest absolute Gasteiger partial charge is 0.246 e. The first-order chi connectivity index (χ1) is 23.4. The van der Waals surface area contributed by atoms with Crippen molar-refractivity contribution >= 4 is 35.8 Å². The van der Waals surface area contributed by atoms with Crippen LogP contribution in [-0.2, 0) is 35.2 Å². The first-order valence-electron chi connectivity index (χ1n) is 16.4. The lowest BCUT2D eigenvalue weighted by Crippen LogP contribution is -2.56. The van der Waals surface area contributed by atoms with Crippen LogP contribution < -0.4 is 32.3 Å². The molecular weight excluding hydrogens is 636 g/mol. The van der Waals surface area contributed by atoms with Crippen molar-refractivity contribution in [2.75, 3.05) is 66.5 Å². The van der Waals surface area contributed by atoms with Crippen LogP contribution in [0, 0.1) is 0 Å². The van der Waals surface area contributed by atoms with Crippen molar-refractivity contribution < 1.29 is 39.0 Å². The van der Waals surface area contributed by atoms with Crippen molar-refractivity contribution in [2.45, 2.75) is 56.8 Å². The number of likely N-dealkylation sites (N-methyl/N-ethyl adjacent to an activating group) is 2. The van der Waals surface area contributed by atoms with Gasteiger partial charge in [0.25, 0.3) is 0 Å². The predicted molar refractivity (Wildman–Crippen MR) is 184 cm³/mol. The zero-order valence-electron chi connectivity index (χ0n) is 28.6. The van der Waals surface area contributed by atoms with Crippen LogP contribution in [-0.4, -0.2) is 141 Å². The lowest BCUT2D eigenvalue weighted by atomic mass is 10.0. The van der Waals surface area contributed by atoms with Crippen molar-refractivity contribution in [1.82, 2.24) is 36.4 Å². The van der Waals surface area contributed by atoms with Gasteiger partial charge in [-0.25, -0.2) is 0 Å². The van der Waals surface area contributed by atoms with Crippen LogP contribution >= 0.6 is 0 Å². The van der Waals surface area contributed by atoms with Crippen LogP contribution in [0.1, 0.15) is 37.7 Å². The Bertz CT molecular complexity index is 1190. The third-order valence-corrected chi connectivity index (χ3v) is 7.39. The molecule has 0 aliphatic carbocycles. The molecule has 0 heterocycles. The molecule has 0 radical (unpaired) electrons. The molecule has 0 spiro atoms. The average Bonchev–Trinajstić information content (AvgIpc) is 3.08. The lowest BCUT2D eigenvalue weighted by Gasteiger charge is -2.25. The van der Waals surface area contributed by atoms with Gasteiger partial charge in [-0.05, 0) is 37.9 Å². The first-order valence-corrected chi connectivity index (χ1v) is 16.4. The Kier molecular flexibility index (Phi) is 22.5. The van der Waals surface area contributed by atoms with Gasteiger partial charge in [0.15, 0.2) is 0 Å². The standard InChI is InChI=1S/C33H54N8O8/c1-40(17-14-28(34)44)18-15-35-21-26(24-43)38-33(49)27(20-25-10-5-3-6-11-25)39-31(47)23-37-30(46)22-36-29(45)12-7-4-8-16-41(2)32(48)13-9-19-42/h3,5-6,9-11,13,19,26-27,31,35,39,43,47H,4,7-8,12,14-18,20-24H2,1-2H3,(H2,34,44)(H,36,45)(H,37,46)(H,38,49)/b13-9-/t26?,27-,31?/m0/s1. The number of carbonyl (C=O) groups is 6. The topological polar surface area (TPSA) is 236 Å². The summed E-state index contributed by atoms with van der Waals surface area (Å²) >= 11 is 0. The Hall–Kier alpha value is -4.22. The minimum absolute atomic E-state index is 0.203. The number of nitrogens with one attached hydrogen (secondary N) is 5. The molecule has 274 valence electrons. The second kappa shape index (κ2) is 25.8. The number of hydrogen-bond donors (Lipinski definition) is 8. The zero-order chi connectivity index (χ0) is 36.4. The van der Waals surface area contributed by atoms with Gasteiger partial charge >= 0.3 is 0 Å². The van der Waals surface area contributed by atoms with Crippen molar-refractivity contribution in [2.24, 2.45) is 5.73 Å². The number of unbranched alkanes of at least 4 members (excludes halogenated alkanes) is 2. The second-order valence-corrected chi connectivity index (χ2v) is 11.7. The van der Waals surface area contributed by atoms with E-state index in [0.29, 0.717) is 51.7 Å². The van der Waals surface area contributed by atoms with Gasteiger partial charge in [0.1, 0.15) is 12.5 Å². The van der Waals surface area contributed by atoms with E-state index in [1.807, 2.05) is 42.3 Å². The number of aliphatic hydroxyl groups is 2. The summed E-state index contributed by atoms with van der Waals surface area (Å²) in [6.07, 6.45) is 4.18. The Balaban J connectivity index is 2.48. The summed E-state index contributed by atoms with van der Waals surface area (Å²) in [5.74, 6) is -1.93. The second-order valence-electron chi connectivity index (χ2n) is 11.7. The number of hydrogen-bond acceptors (Lipinski definition) is 11. The summed E-state index contributed by atoms with van der Waals surface area (Å²) in [4.78, 5) is 74.1. The maximum Gasteiger partial charge on any atom is 0.246 e. The monoisotopic (exact) mass is 690 g/mol. The Morgan fingerprint density at radius 1 is 0.918 bits per heavy atom. The molecule has 1 rings (SSSR count). The van der Waals surface area contributed by atoms with E-state index in [-0.39, 0.29) is 63.2 Å². The molecule has 16 heteroatoms. The van der Waals surface area contributed by atoms with Crippen LogP contribution in [0.15, 0.2) is 42.5 Å². The fraction of sp³-hybridized carbons (Fsp3) is 0.576. The van der Waals surface area contributed by atoms with Crippen molar-refractivity contribution in [3.8, 4) is 0 Å². The fourth-order valence-corrected chi connectivity index (χ4v) is 4.50. The molecule has 0 bridgehead atoms. The third kappa shape index (κ3) is 21.4. The van der Waals surface area contributed by atoms with E-state index in [2.05, 4.69) is 26.6 Å². The molecule has 1 aromatic rings. The molecule has 5 amide bonds. The molecule has 0 aliphatic heterocycles. The van der Waals surface area contributed by atoms with E-state index in [4.69, 9.17) is 5.73 Å². The van der Waals surface area contributed by atoms with Gasteiger partial charge in [0, 0.05) is 58.7 Å². The number of amides is 5. The number of nitrogens with zero attached hydrogens (tertiary/aromatic N) is 2. The number of rotatable bonds is 27. The van der Waals surface area contributed by atoms with E-state index in [1.165, 1.54) is 11.0 Å². The van der Waals surface area contributed by atoms with Crippen LogP contribution in [0.2, 0.25) is 0 Å². The zero-order valence-corrected chi connectivity index (χ0v) is 28.6. The molecule has 0 fully saturated rings. The molecule has 0 aliphatic rings. The van der Waals surface area contributed by atoms with Crippen LogP contribution in [0.5, 0.6) is 0 Å². The molecule has 0 saturated heterocycles. The maximum absolute atomic E-state index is 13.2. The minimum atomic E-state index is -1.29. The van der Waals surface area contributed by atoms with Crippen molar-refractivity contribution in [3.63, 3.8) is 0 Å². The average molecular weight is 691 g/mol. The van der Waals surface area contributed by atoms with E-state index in [0.717, 1.165) is 11.6 Å². The lowest BCUT2D eigenvalue weighted by molar-refractivity contribution is -0.126. The highest BCUT2D eigenvalue weighted by molar-refractivity contribution is 5.90. The van der Waals surface area contributed by atoms with E-state index < -0.39 is 30.1 Å². The quantitative estimate of drug-likeness (QED) is 0.0206. The highest BCUT2D eigenvalue weighted by atomic mass is 16.3. The molecule has 16 nitrogen and oxygen atoms in total. The highest BCUT2D eigenvalue weighted by Crippen LogP contribution is 2.05. The number of primary amides is 1. The summed E-state index contributed by atoms with van der Waals surface area (Å²) in [5, 5.41) is 34.3. The number of aldehydes is 1. The van der Waals surface area contributed by atoms with Crippen molar-refractivity contribution in [3.05, 3.63) is 48.0 Å². The molecule has 2 unspecified atom stereocenters. The number of nitrogens with two attached hydrogens (primary N) is 1. The van der Waals surface area contributed by atoms with Crippen LogP contribution in [0.25, 0.3) is 0 Å². The minimum Gasteiger partial charge on any atom is -0.394 e. The molecule has 3 atom stereocenters. The van der Waals surface area contributed by atoms with Gasteiger partial charge in [-0.1, -0.05) is 36.8 Å². The maximum atomic E-state index is 13.2. The number of aliphatic hydroxyl groups excluding tert-OH is 2. The number of benzene rings is 1. The number of allylic oxidation sites excluding steroid dienone is 1. The van der Waals surface area contributed by atoms with Crippen molar-refractivity contribution in [1.29, 1.82) is 0 Å². The van der Waals surface area contributed by atoms with Gasteiger partial charge in [-0.3, -0.25) is 34.1 Å². The molecule has 0 aromatic heterocycles. The highest BCUT2D eigenvalue weighted by Gasteiger charge is 2.24. The largest absolute Gasteiger partial charge is 0.394 e. The van der Waals surface area contributed by atoms with Gasteiger partial charge in [-0.2, -0.15) is 0 Å². The summed E-state index contributed by atoms with van der Waals surface area (Å²) < 4.78 is 0. The Labute approximate surface area is 288 Å². The first kappa shape index (κ1) is 42.8. The van der Waals surface area contributed by atoms with Gasteiger partial charge in [-0.15, -0.1) is 0 Å². The fourth-order valence-electron chi connectivity index (χ4n) is 4.50. The summed E-state index contributed by atoms with van der Waals surface area (Å²) in [6, 6.07) is 7.68. The Morgan fingerprint density at radius 2 is 1.65 bits per heavy atom. The predicted octanol–water partition coefficient (Wildman–Crippen LogP) is -2.61. The van der Waals surface area contributed by atoms with E-state index in [1.54, 1.807) is 7.05 Å². The van der Waals surface area contributed by atoms with Crippen LogP contribution in [0.3, 0.4) is 0 Å². The van der Waals surface area contributed by atoms with Gasteiger partial charge in [0.05, 0.1) is 31.8 Å². The molecular formula is C33H54N8O8. The molecule has 0 saturated carbocycles. The Morgan fingerprint density at radius 3 is 2.33 bits per heavy atom. The van der Waals surface area contributed by atoms with Gasteiger partial charge < -0.3 is 47.0 Å². The van der Waals surface area contributed by atoms with Crippen LogP contribution in [0.4, 0.5) is 0 Å². The molecule has 49 heavy (non-hydrogen) atoms.